The molecule has 5 atom stereocenters. The van der Waals surface area contributed by atoms with Crippen LogP contribution in [0.15, 0.2) is 24.3 Å². The zero-order chi connectivity index (χ0) is 17.9. The van der Waals surface area contributed by atoms with E-state index in [1.54, 1.807) is 11.1 Å². The van der Waals surface area contributed by atoms with Gasteiger partial charge < -0.3 is 4.74 Å². The van der Waals surface area contributed by atoms with E-state index in [1.807, 2.05) is 6.92 Å². The molecule has 1 aromatic carbocycles. The molecule has 148 valence electrons. The van der Waals surface area contributed by atoms with Gasteiger partial charge in [0, 0.05) is 24.0 Å². The molecule has 2 saturated heterocycles. The van der Waals surface area contributed by atoms with Crippen molar-refractivity contribution in [3.63, 3.8) is 0 Å². The monoisotopic (exact) mass is 389 g/mol. The van der Waals surface area contributed by atoms with E-state index in [4.69, 9.17) is 4.74 Å². The van der Waals surface area contributed by atoms with Crippen molar-refractivity contribution in [1.82, 2.24) is 4.90 Å². The summed E-state index contributed by atoms with van der Waals surface area (Å²) >= 11 is 0. The Balaban J connectivity index is 0.00000180. The lowest BCUT2D eigenvalue weighted by atomic mass is 9.48. The summed E-state index contributed by atoms with van der Waals surface area (Å²) in [6, 6.07) is 10.1. The Morgan fingerprint density at radius 3 is 2.70 bits per heavy atom. The number of fused-ring (bicyclic) bond motifs is 2. The maximum Gasteiger partial charge on any atom is 0.310 e. The largest absolute Gasteiger partial charge is 0.466 e. The lowest BCUT2D eigenvalue weighted by Crippen LogP contribution is -2.70. The number of hydrogen-bond donors (Lipinski definition) is 0. The summed E-state index contributed by atoms with van der Waals surface area (Å²) in [4.78, 5) is 15.5. The van der Waals surface area contributed by atoms with Crippen LogP contribution in [-0.4, -0.2) is 36.1 Å². The molecule has 3 aliphatic carbocycles. The van der Waals surface area contributed by atoms with E-state index in [0.717, 1.165) is 18.8 Å². The van der Waals surface area contributed by atoms with Crippen molar-refractivity contribution in [3.05, 3.63) is 35.4 Å². The SMILES string of the molecule is CCOC(=O)C1CC2C3Cc4ccccc4[C@@]2(CC)CC1N3CC1CC1.Cl. The van der Waals surface area contributed by atoms with Crippen molar-refractivity contribution in [2.45, 2.75) is 69.9 Å². The molecule has 0 spiro atoms. The average Bonchev–Trinajstić information content (AvgIpc) is 3.48. The maximum atomic E-state index is 12.7. The third-order valence-electron chi connectivity index (χ3n) is 7.94. The quantitative estimate of drug-likeness (QED) is 0.700. The third-order valence-corrected chi connectivity index (χ3v) is 7.94. The van der Waals surface area contributed by atoms with Gasteiger partial charge in [-0.3, -0.25) is 9.69 Å². The number of nitrogens with zero attached hydrogens (tertiary/aromatic N) is 1. The van der Waals surface area contributed by atoms with Crippen LogP contribution in [0.5, 0.6) is 0 Å². The number of esters is 1. The molecule has 4 heteroatoms. The molecule has 27 heavy (non-hydrogen) atoms. The van der Waals surface area contributed by atoms with E-state index in [9.17, 15) is 4.79 Å². The first-order chi connectivity index (χ1) is 12.7. The molecular formula is C23H32ClNO2. The van der Waals surface area contributed by atoms with Gasteiger partial charge in [0.2, 0.25) is 0 Å². The molecule has 0 aromatic heterocycles. The summed E-state index contributed by atoms with van der Waals surface area (Å²) in [7, 11) is 0. The van der Waals surface area contributed by atoms with Crippen LogP contribution in [0.4, 0.5) is 0 Å². The fourth-order valence-corrected chi connectivity index (χ4v) is 6.62. The topological polar surface area (TPSA) is 29.5 Å². The molecule has 3 nitrogen and oxygen atoms in total. The Hall–Kier alpha value is -1.06. The number of benzene rings is 1. The van der Waals surface area contributed by atoms with E-state index >= 15 is 0 Å². The van der Waals surface area contributed by atoms with Gasteiger partial charge in [0.05, 0.1) is 12.5 Å². The average molecular weight is 390 g/mol. The first kappa shape index (κ1) is 19.3. The number of halogens is 1. The van der Waals surface area contributed by atoms with Crippen molar-refractivity contribution in [1.29, 1.82) is 0 Å². The Kier molecular flexibility index (Phi) is 5.05. The standard InChI is InChI=1S/C23H31NO2.ClH/c1-3-23-13-21-17(22(25)26-4-2)12-19(23)20(24(21)14-15-9-10-15)11-16-7-5-6-8-18(16)23;/h5-8,15,17,19-21H,3-4,9-14H2,1-2H3;1H/t17?,19?,20?,21?,23-;/m1./s1. The number of carbonyl (C=O) groups excluding carboxylic acids is 1. The van der Waals surface area contributed by atoms with Gasteiger partial charge in [-0.2, -0.15) is 0 Å². The van der Waals surface area contributed by atoms with Gasteiger partial charge in [-0.15, -0.1) is 12.4 Å². The molecular weight excluding hydrogens is 358 g/mol. The molecule has 2 aliphatic heterocycles. The van der Waals surface area contributed by atoms with Gasteiger partial charge in [-0.25, -0.2) is 0 Å². The van der Waals surface area contributed by atoms with Crippen LogP contribution in [0.25, 0.3) is 0 Å². The van der Waals surface area contributed by atoms with Crippen LogP contribution in [0.2, 0.25) is 0 Å². The van der Waals surface area contributed by atoms with Crippen LogP contribution in [0.3, 0.4) is 0 Å². The number of carbonyl (C=O) groups is 1. The summed E-state index contributed by atoms with van der Waals surface area (Å²) < 4.78 is 5.50. The predicted octanol–water partition coefficient (Wildman–Crippen LogP) is 4.36. The minimum absolute atomic E-state index is 0. The number of hydrogen-bond acceptors (Lipinski definition) is 3. The minimum Gasteiger partial charge on any atom is -0.466 e. The molecule has 4 bridgehead atoms. The zero-order valence-electron chi connectivity index (χ0n) is 16.5. The number of piperidine rings is 2. The summed E-state index contributed by atoms with van der Waals surface area (Å²) in [5, 5.41) is 0. The van der Waals surface area contributed by atoms with Crippen molar-refractivity contribution in [2.75, 3.05) is 13.2 Å². The van der Waals surface area contributed by atoms with Crippen LogP contribution in [-0.2, 0) is 21.4 Å². The fourth-order valence-electron chi connectivity index (χ4n) is 6.62. The molecule has 0 radical (unpaired) electrons. The first-order valence-corrected chi connectivity index (χ1v) is 10.7. The molecule has 1 aromatic rings. The molecule has 5 aliphatic rings. The van der Waals surface area contributed by atoms with Crippen molar-refractivity contribution in [3.8, 4) is 0 Å². The third kappa shape index (κ3) is 2.84. The fraction of sp³-hybridized carbons (Fsp3) is 0.696. The van der Waals surface area contributed by atoms with Gasteiger partial charge in [-0.1, -0.05) is 31.2 Å². The second-order valence-corrected chi connectivity index (χ2v) is 9.05. The van der Waals surface area contributed by atoms with Crippen LogP contribution >= 0.6 is 12.4 Å². The van der Waals surface area contributed by atoms with E-state index in [2.05, 4.69) is 36.1 Å². The second kappa shape index (κ2) is 7.08. The van der Waals surface area contributed by atoms with Gasteiger partial charge in [0.25, 0.3) is 0 Å². The van der Waals surface area contributed by atoms with E-state index in [1.165, 1.54) is 32.2 Å². The molecule has 2 heterocycles. The van der Waals surface area contributed by atoms with Crippen LogP contribution in [0.1, 0.15) is 57.1 Å². The zero-order valence-corrected chi connectivity index (χ0v) is 17.3. The molecule has 4 unspecified atom stereocenters. The van der Waals surface area contributed by atoms with Gasteiger partial charge >= 0.3 is 5.97 Å². The van der Waals surface area contributed by atoms with E-state index in [-0.39, 0.29) is 29.7 Å². The van der Waals surface area contributed by atoms with Gasteiger partial charge in [0.1, 0.15) is 0 Å². The highest BCUT2D eigenvalue weighted by Crippen LogP contribution is 2.60. The highest BCUT2D eigenvalue weighted by molar-refractivity contribution is 5.85. The second-order valence-electron chi connectivity index (χ2n) is 9.05. The Morgan fingerprint density at radius 1 is 1.22 bits per heavy atom. The summed E-state index contributed by atoms with van der Waals surface area (Å²) in [6.45, 7) is 5.99. The summed E-state index contributed by atoms with van der Waals surface area (Å²) in [6.07, 6.45) is 7.27. The lowest BCUT2D eigenvalue weighted by Gasteiger charge is -2.65. The number of rotatable bonds is 5. The smallest absolute Gasteiger partial charge is 0.310 e. The molecule has 0 amide bonds. The van der Waals surface area contributed by atoms with Crippen molar-refractivity contribution < 1.29 is 9.53 Å². The summed E-state index contributed by atoms with van der Waals surface area (Å²) in [5.41, 5.74) is 3.42. The van der Waals surface area contributed by atoms with E-state index in [0.29, 0.717) is 24.6 Å². The molecule has 4 fully saturated rings. The molecule has 0 N–H and O–H groups in total. The van der Waals surface area contributed by atoms with Gasteiger partial charge in [0.15, 0.2) is 0 Å². The minimum atomic E-state index is 0. The van der Waals surface area contributed by atoms with E-state index < -0.39 is 0 Å². The molecule has 2 saturated carbocycles. The van der Waals surface area contributed by atoms with Crippen molar-refractivity contribution >= 4 is 18.4 Å². The molecule has 6 rings (SSSR count). The first-order valence-electron chi connectivity index (χ1n) is 10.7. The Labute approximate surface area is 169 Å². The van der Waals surface area contributed by atoms with Crippen LogP contribution in [0, 0.1) is 17.8 Å². The normalized spacial score (nSPS) is 36.7. The highest BCUT2D eigenvalue weighted by atomic mass is 35.5. The number of ether oxygens (including phenoxy) is 1. The summed E-state index contributed by atoms with van der Waals surface area (Å²) in [5.74, 6) is 1.60. The Bertz CT molecular complexity index is 718. The van der Waals surface area contributed by atoms with Crippen LogP contribution < -0.4 is 0 Å². The lowest BCUT2D eigenvalue weighted by molar-refractivity contribution is -0.168. The van der Waals surface area contributed by atoms with Gasteiger partial charge in [-0.05, 0) is 68.4 Å². The Morgan fingerprint density at radius 2 is 2.00 bits per heavy atom. The predicted molar refractivity (Wildman–Crippen MR) is 109 cm³/mol. The van der Waals surface area contributed by atoms with Crippen molar-refractivity contribution in [2.24, 2.45) is 17.8 Å². The maximum absolute atomic E-state index is 12.7. The highest BCUT2D eigenvalue weighted by Gasteiger charge is 2.62.